The molecule has 1 saturated carbocycles. The van der Waals surface area contributed by atoms with Gasteiger partial charge in [-0.25, -0.2) is 0 Å². The normalized spacial score (nSPS) is 23.6. The van der Waals surface area contributed by atoms with Gasteiger partial charge in [-0.05, 0) is 110 Å². The van der Waals surface area contributed by atoms with Crippen molar-refractivity contribution in [2.24, 2.45) is 11.3 Å². The number of hydrogen-bond acceptors (Lipinski definition) is 3. The molecule has 2 aromatic carbocycles. The van der Waals surface area contributed by atoms with E-state index in [0.717, 1.165) is 60.8 Å². The second-order valence-electron chi connectivity index (χ2n) is 12.4. The summed E-state index contributed by atoms with van der Waals surface area (Å²) in [4.78, 5) is 26.6. The summed E-state index contributed by atoms with van der Waals surface area (Å²) < 4.78 is 0. The third-order valence-electron chi connectivity index (χ3n) is 9.20. The summed E-state index contributed by atoms with van der Waals surface area (Å²) in [7, 11) is 0. The van der Waals surface area contributed by atoms with Crippen molar-refractivity contribution in [2.75, 3.05) is 0 Å². The fourth-order valence-electron chi connectivity index (χ4n) is 6.36. The lowest BCUT2D eigenvalue weighted by molar-refractivity contribution is -0.118. The van der Waals surface area contributed by atoms with Crippen LogP contribution in [0.3, 0.4) is 0 Å². The maximum atomic E-state index is 13.4. The third kappa shape index (κ3) is 6.98. The number of hydrogen-bond donors (Lipinski definition) is 1. The van der Waals surface area contributed by atoms with Gasteiger partial charge in [-0.15, -0.1) is 0 Å². The molecule has 0 amide bonds. The summed E-state index contributed by atoms with van der Waals surface area (Å²) in [5.41, 5.74) is 7.20. The molecule has 202 valence electrons. The predicted molar refractivity (Wildman–Crippen MR) is 157 cm³/mol. The monoisotopic (exact) mass is 511 g/mol. The molecule has 3 heteroatoms. The molecule has 0 bridgehead atoms. The zero-order valence-corrected chi connectivity index (χ0v) is 23.9. The molecule has 0 aliphatic heterocycles. The first-order chi connectivity index (χ1) is 18.1. The summed E-state index contributed by atoms with van der Waals surface area (Å²) in [6, 6.07) is 14.9. The quantitative estimate of drug-likeness (QED) is 0.298. The predicted octanol–water partition coefficient (Wildman–Crippen LogP) is 8.76. The Labute approximate surface area is 229 Å². The molecule has 2 aliphatic rings. The second-order valence-corrected chi connectivity index (χ2v) is 12.4. The minimum atomic E-state index is -0.0252. The van der Waals surface area contributed by atoms with E-state index in [4.69, 9.17) is 5.41 Å². The van der Waals surface area contributed by atoms with Crippen LogP contribution in [0.2, 0.25) is 0 Å². The largest absolute Gasteiger partial charge is 0.309 e. The number of allylic oxidation sites excluding steroid dienone is 2. The molecule has 3 nitrogen and oxygen atoms in total. The molecule has 0 saturated heterocycles. The Hall–Kier alpha value is -2.81. The van der Waals surface area contributed by atoms with Crippen LogP contribution in [0.5, 0.6) is 0 Å². The van der Waals surface area contributed by atoms with E-state index < -0.39 is 0 Å². The van der Waals surface area contributed by atoms with E-state index >= 15 is 0 Å². The standard InChI is InChI=1S/C35H45NO2/c1-24(2)35(4)18-8-12-31(36)22-29(34(38)23-35)15-14-26-19-25(3)20-30(21-26)33(37)17-16-28-11-7-10-27-9-5-6-13-32(27)28/h5-6,9,13,15,19-21,24,28,36H,7-8,10-12,14,16-18,22-23H2,1-4H3/b29-15-,36-31?/t28-,35+/m1/s1. The maximum Gasteiger partial charge on any atom is 0.162 e. The summed E-state index contributed by atoms with van der Waals surface area (Å²) in [6.45, 7) is 8.68. The van der Waals surface area contributed by atoms with Gasteiger partial charge in [-0.3, -0.25) is 9.59 Å². The average molecular weight is 512 g/mol. The minimum absolute atomic E-state index is 0.0252. The van der Waals surface area contributed by atoms with Crippen molar-refractivity contribution < 1.29 is 9.59 Å². The summed E-state index contributed by atoms with van der Waals surface area (Å²) in [6.07, 6.45) is 11.3. The summed E-state index contributed by atoms with van der Waals surface area (Å²) in [5.74, 6) is 1.29. The Morgan fingerprint density at radius 2 is 1.92 bits per heavy atom. The summed E-state index contributed by atoms with van der Waals surface area (Å²) >= 11 is 0. The molecule has 1 fully saturated rings. The van der Waals surface area contributed by atoms with E-state index in [1.807, 2.05) is 25.1 Å². The molecule has 2 aliphatic carbocycles. The minimum Gasteiger partial charge on any atom is -0.309 e. The van der Waals surface area contributed by atoms with Crippen molar-refractivity contribution in [3.8, 4) is 0 Å². The number of aryl methyl sites for hydroxylation is 2. The molecule has 38 heavy (non-hydrogen) atoms. The molecule has 2 aromatic rings. The van der Waals surface area contributed by atoms with E-state index in [9.17, 15) is 9.59 Å². The van der Waals surface area contributed by atoms with Crippen molar-refractivity contribution >= 4 is 17.3 Å². The number of carbonyl (C=O) groups is 2. The number of nitrogens with one attached hydrogen (secondary N) is 1. The van der Waals surface area contributed by atoms with E-state index in [-0.39, 0.29) is 17.0 Å². The van der Waals surface area contributed by atoms with Crippen molar-refractivity contribution in [2.45, 2.75) is 104 Å². The Balaban J connectivity index is 1.46. The van der Waals surface area contributed by atoms with Crippen LogP contribution < -0.4 is 0 Å². The molecule has 0 aromatic heterocycles. The summed E-state index contributed by atoms with van der Waals surface area (Å²) in [5, 5.41) is 8.43. The first kappa shape index (κ1) is 28.2. The Morgan fingerprint density at radius 3 is 2.71 bits per heavy atom. The first-order valence-electron chi connectivity index (χ1n) is 14.6. The number of Topliss-reactive ketones (excluding diaryl/α,β-unsaturated/α-hetero) is 2. The molecule has 0 spiro atoms. The van der Waals surface area contributed by atoms with Crippen LogP contribution in [0.1, 0.15) is 117 Å². The smallest absolute Gasteiger partial charge is 0.162 e. The second kappa shape index (κ2) is 12.4. The van der Waals surface area contributed by atoms with Gasteiger partial charge in [0.05, 0.1) is 0 Å². The highest BCUT2D eigenvalue weighted by Gasteiger charge is 2.33. The van der Waals surface area contributed by atoms with Gasteiger partial charge in [0.25, 0.3) is 0 Å². The van der Waals surface area contributed by atoms with Gasteiger partial charge in [-0.1, -0.05) is 62.7 Å². The first-order valence-corrected chi connectivity index (χ1v) is 14.6. The third-order valence-corrected chi connectivity index (χ3v) is 9.20. The number of fused-ring (bicyclic) bond motifs is 1. The fourth-order valence-corrected chi connectivity index (χ4v) is 6.36. The highest BCUT2D eigenvalue weighted by molar-refractivity contribution is 6.01. The Kier molecular flexibility index (Phi) is 9.18. The fraction of sp³-hybridized carbons (Fsp3) is 0.514. The van der Waals surface area contributed by atoms with Gasteiger partial charge in [0.15, 0.2) is 11.6 Å². The lowest BCUT2D eigenvalue weighted by atomic mass is 9.71. The lowest BCUT2D eigenvalue weighted by Crippen LogP contribution is -2.27. The van der Waals surface area contributed by atoms with Crippen molar-refractivity contribution in [1.82, 2.24) is 0 Å². The Bertz CT molecular complexity index is 1220. The molecule has 0 unspecified atom stereocenters. The number of carbonyl (C=O) groups excluding carboxylic acids is 2. The lowest BCUT2D eigenvalue weighted by Gasteiger charge is -2.33. The van der Waals surface area contributed by atoms with Crippen LogP contribution >= 0.6 is 0 Å². The van der Waals surface area contributed by atoms with E-state index in [2.05, 4.69) is 51.1 Å². The van der Waals surface area contributed by atoms with E-state index in [0.29, 0.717) is 43.2 Å². The molecule has 1 N–H and O–H groups in total. The van der Waals surface area contributed by atoms with Gasteiger partial charge in [0.1, 0.15) is 0 Å². The van der Waals surface area contributed by atoms with Gasteiger partial charge < -0.3 is 5.41 Å². The van der Waals surface area contributed by atoms with Crippen LogP contribution in [0, 0.1) is 23.7 Å². The number of benzene rings is 2. The van der Waals surface area contributed by atoms with Crippen molar-refractivity contribution in [3.63, 3.8) is 0 Å². The number of ketones is 2. The van der Waals surface area contributed by atoms with Crippen LogP contribution in [0.25, 0.3) is 0 Å². The Morgan fingerprint density at radius 1 is 1.13 bits per heavy atom. The molecule has 4 rings (SSSR count). The van der Waals surface area contributed by atoms with Crippen LogP contribution in [0.4, 0.5) is 0 Å². The topological polar surface area (TPSA) is 58.0 Å². The number of rotatable bonds is 7. The SMILES string of the molecule is Cc1cc(C/C=C2/CC(=N)CCC[C@](C)(C(C)C)CC2=O)cc(C(=O)CC[C@H]2CCCc3ccccc32)c1. The molecule has 0 radical (unpaired) electrons. The molecular weight excluding hydrogens is 466 g/mol. The van der Waals surface area contributed by atoms with E-state index in [1.165, 1.54) is 17.5 Å². The molecule has 0 heterocycles. The molecular formula is C35H45NO2. The zero-order valence-electron chi connectivity index (χ0n) is 23.9. The van der Waals surface area contributed by atoms with Crippen molar-refractivity contribution in [3.05, 3.63) is 81.9 Å². The van der Waals surface area contributed by atoms with Gasteiger partial charge >= 0.3 is 0 Å². The van der Waals surface area contributed by atoms with Crippen LogP contribution in [0.15, 0.2) is 54.1 Å². The van der Waals surface area contributed by atoms with E-state index in [1.54, 1.807) is 0 Å². The zero-order chi connectivity index (χ0) is 27.3. The molecule has 2 atom stereocenters. The van der Waals surface area contributed by atoms with Crippen molar-refractivity contribution in [1.29, 1.82) is 5.41 Å². The van der Waals surface area contributed by atoms with Crippen LogP contribution in [-0.4, -0.2) is 17.3 Å². The van der Waals surface area contributed by atoms with Gasteiger partial charge in [-0.2, -0.15) is 0 Å². The van der Waals surface area contributed by atoms with Gasteiger partial charge in [0, 0.05) is 30.5 Å². The maximum absolute atomic E-state index is 13.4. The highest BCUT2D eigenvalue weighted by Crippen LogP contribution is 2.39. The highest BCUT2D eigenvalue weighted by atomic mass is 16.1. The van der Waals surface area contributed by atoms with Crippen LogP contribution in [-0.2, 0) is 17.6 Å². The average Bonchev–Trinajstić information content (AvgIpc) is 2.93. The van der Waals surface area contributed by atoms with Gasteiger partial charge in [0.2, 0.25) is 0 Å².